The van der Waals surface area contributed by atoms with Crippen LogP contribution in [0.5, 0.6) is 0 Å². The molecule has 0 radical (unpaired) electrons. The minimum Gasteiger partial charge on any atom is -0.352 e. The molecule has 0 saturated carbocycles. The van der Waals surface area contributed by atoms with Gasteiger partial charge in [-0.1, -0.05) is 54.1 Å². The molecule has 0 bridgehead atoms. The molecule has 33 heavy (non-hydrogen) atoms. The van der Waals surface area contributed by atoms with Crippen LogP contribution in [0, 0.1) is 0 Å². The van der Waals surface area contributed by atoms with Crippen molar-refractivity contribution in [1.82, 2.24) is 9.88 Å². The number of pyridine rings is 1. The number of aromatic nitrogens is 1. The summed E-state index contributed by atoms with van der Waals surface area (Å²) < 4.78 is 1.52. The molecule has 1 amide bonds. The van der Waals surface area contributed by atoms with Crippen molar-refractivity contribution in [1.29, 1.82) is 0 Å². The molecule has 6 heteroatoms. The lowest BCUT2D eigenvalue weighted by molar-refractivity contribution is -0.122. The first-order chi connectivity index (χ1) is 15.9. The van der Waals surface area contributed by atoms with Crippen LogP contribution >= 0.6 is 23.2 Å². The maximum atomic E-state index is 13.7. The second kappa shape index (κ2) is 9.82. The largest absolute Gasteiger partial charge is 0.352 e. The zero-order valence-corrected chi connectivity index (χ0v) is 20.0. The third-order valence-corrected chi connectivity index (χ3v) is 5.94. The number of amides is 1. The number of nitrogens with zero attached hydrogens (tertiary/aromatic N) is 1. The Bertz CT molecular complexity index is 1390. The van der Waals surface area contributed by atoms with Crippen LogP contribution in [0.4, 0.5) is 0 Å². The van der Waals surface area contributed by atoms with Gasteiger partial charge in [0.2, 0.25) is 5.91 Å². The summed E-state index contributed by atoms with van der Waals surface area (Å²) >= 11 is 12.2. The Morgan fingerprint density at radius 3 is 2.39 bits per heavy atom. The van der Waals surface area contributed by atoms with Gasteiger partial charge < -0.3 is 5.32 Å². The van der Waals surface area contributed by atoms with Crippen molar-refractivity contribution in [2.75, 3.05) is 0 Å². The summed E-state index contributed by atoms with van der Waals surface area (Å²) in [6, 6.07) is 22.9. The highest BCUT2D eigenvalue weighted by Crippen LogP contribution is 2.28. The Labute approximate surface area is 202 Å². The standard InChI is InChI=1S/C27H24Cl2N2O2/c1-17(2)30-26(32)16-31-25(22-7-4-8-23(29)12-22)14-21-10-9-20(13-24(21)27(31)33)19-6-3-5-18(11-19)15-28/h3-14,17H,15-16H2,1-2H3,(H,30,32). The molecular formula is C27H24Cl2N2O2. The number of hydrogen-bond acceptors (Lipinski definition) is 2. The lowest BCUT2D eigenvalue weighted by Gasteiger charge is -2.16. The van der Waals surface area contributed by atoms with Gasteiger partial charge in [0.25, 0.3) is 5.56 Å². The Morgan fingerprint density at radius 2 is 1.67 bits per heavy atom. The zero-order valence-electron chi connectivity index (χ0n) is 18.4. The van der Waals surface area contributed by atoms with Crippen molar-refractivity contribution in [2.45, 2.75) is 32.3 Å². The molecule has 1 heterocycles. The van der Waals surface area contributed by atoms with E-state index < -0.39 is 0 Å². The van der Waals surface area contributed by atoms with E-state index in [2.05, 4.69) is 5.32 Å². The Hall–Kier alpha value is -3.08. The molecule has 0 fully saturated rings. The van der Waals surface area contributed by atoms with Crippen molar-refractivity contribution in [3.05, 3.63) is 93.7 Å². The van der Waals surface area contributed by atoms with Crippen molar-refractivity contribution in [3.8, 4) is 22.4 Å². The zero-order chi connectivity index (χ0) is 23.5. The molecule has 0 aliphatic carbocycles. The minimum absolute atomic E-state index is 0.0240. The van der Waals surface area contributed by atoms with Gasteiger partial charge in [-0.05, 0) is 71.8 Å². The maximum absolute atomic E-state index is 13.7. The summed E-state index contributed by atoms with van der Waals surface area (Å²) in [5.41, 5.74) is 4.10. The second-order valence-electron chi connectivity index (χ2n) is 8.29. The van der Waals surface area contributed by atoms with Gasteiger partial charge in [-0.25, -0.2) is 0 Å². The van der Waals surface area contributed by atoms with Gasteiger partial charge in [0.15, 0.2) is 0 Å². The number of rotatable bonds is 6. The molecule has 0 spiro atoms. The predicted octanol–water partition coefficient (Wildman–Crippen LogP) is 6.25. The van der Waals surface area contributed by atoms with Crippen LogP contribution in [0.25, 0.3) is 33.2 Å². The summed E-state index contributed by atoms with van der Waals surface area (Å²) in [4.78, 5) is 26.3. The fraction of sp³-hybridized carbons (Fsp3) is 0.185. The van der Waals surface area contributed by atoms with Gasteiger partial charge in [0.1, 0.15) is 6.54 Å². The van der Waals surface area contributed by atoms with E-state index >= 15 is 0 Å². The fourth-order valence-electron chi connectivity index (χ4n) is 3.92. The smallest absolute Gasteiger partial charge is 0.259 e. The van der Waals surface area contributed by atoms with E-state index in [1.807, 2.05) is 74.5 Å². The summed E-state index contributed by atoms with van der Waals surface area (Å²) in [6.07, 6.45) is 0. The quantitative estimate of drug-likeness (QED) is 0.332. The van der Waals surface area contributed by atoms with Crippen LogP contribution in [-0.4, -0.2) is 16.5 Å². The summed E-state index contributed by atoms with van der Waals surface area (Å²) in [5.74, 6) is 0.197. The number of benzene rings is 3. The highest BCUT2D eigenvalue weighted by molar-refractivity contribution is 6.30. The maximum Gasteiger partial charge on any atom is 0.259 e. The van der Waals surface area contributed by atoms with Crippen molar-refractivity contribution < 1.29 is 4.79 Å². The Balaban J connectivity index is 1.90. The minimum atomic E-state index is -0.225. The molecule has 1 aromatic heterocycles. The highest BCUT2D eigenvalue weighted by Gasteiger charge is 2.16. The number of alkyl halides is 1. The molecule has 0 saturated heterocycles. The molecule has 4 rings (SSSR count). The van der Waals surface area contributed by atoms with Crippen LogP contribution in [0.1, 0.15) is 19.4 Å². The van der Waals surface area contributed by atoms with E-state index in [-0.39, 0.29) is 24.1 Å². The first-order valence-corrected chi connectivity index (χ1v) is 11.6. The second-order valence-corrected chi connectivity index (χ2v) is 8.99. The van der Waals surface area contributed by atoms with Crippen LogP contribution < -0.4 is 10.9 Å². The lowest BCUT2D eigenvalue weighted by Crippen LogP contribution is -2.36. The summed E-state index contributed by atoms with van der Waals surface area (Å²) in [5, 5.41) is 4.78. The van der Waals surface area contributed by atoms with Gasteiger partial charge in [-0.15, -0.1) is 11.6 Å². The van der Waals surface area contributed by atoms with Crippen molar-refractivity contribution >= 4 is 39.9 Å². The Kier molecular flexibility index (Phi) is 6.87. The molecule has 4 aromatic rings. The topological polar surface area (TPSA) is 51.1 Å². The molecule has 0 aliphatic rings. The van der Waals surface area contributed by atoms with Crippen molar-refractivity contribution in [3.63, 3.8) is 0 Å². The van der Waals surface area contributed by atoms with Gasteiger partial charge in [-0.2, -0.15) is 0 Å². The summed E-state index contributed by atoms with van der Waals surface area (Å²) in [7, 11) is 0. The molecule has 1 N–H and O–H groups in total. The SMILES string of the molecule is CC(C)NC(=O)Cn1c(-c2cccc(Cl)c2)cc2ccc(-c3cccc(CCl)c3)cc2c1=O. The molecule has 0 aliphatic heterocycles. The van der Waals surface area contributed by atoms with E-state index in [1.165, 1.54) is 4.57 Å². The molecule has 0 unspecified atom stereocenters. The lowest BCUT2D eigenvalue weighted by atomic mass is 9.99. The van der Waals surface area contributed by atoms with E-state index in [0.29, 0.717) is 22.0 Å². The van der Waals surface area contributed by atoms with Crippen LogP contribution in [-0.2, 0) is 17.2 Å². The number of hydrogen-bond donors (Lipinski definition) is 1. The van der Waals surface area contributed by atoms with Gasteiger partial charge >= 0.3 is 0 Å². The molecule has 0 atom stereocenters. The van der Waals surface area contributed by atoms with Crippen molar-refractivity contribution in [2.24, 2.45) is 0 Å². The van der Waals surface area contributed by atoms with E-state index in [4.69, 9.17) is 23.2 Å². The van der Waals surface area contributed by atoms with Gasteiger partial charge in [0, 0.05) is 22.3 Å². The van der Waals surface area contributed by atoms with Gasteiger partial charge in [-0.3, -0.25) is 14.2 Å². The fourth-order valence-corrected chi connectivity index (χ4v) is 4.27. The molecular weight excluding hydrogens is 455 g/mol. The number of nitrogens with one attached hydrogen (secondary N) is 1. The number of carbonyl (C=O) groups excluding carboxylic acids is 1. The molecule has 3 aromatic carbocycles. The third-order valence-electron chi connectivity index (χ3n) is 5.40. The number of carbonyl (C=O) groups is 1. The third kappa shape index (κ3) is 5.13. The first kappa shape index (κ1) is 23.1. The first-order valence-electron chi connectivity index (χ1n) is 10.7. The average molecular weight is 479 g/mol. The normalized spacial score (nSPS) is 11.2. The average Bonchev–Trinajstić information content (AvgIpc) is 2.80. The highest BCUT2D eigenvalue weighted by atomic mass is 35.5. The monoisotopic (exact) mass is 478 g/mol. The van der Waals surface area contributed by atoms with E-state index in [9.17, 15) is 9.59 Å². The van der Waals surface area contributed by atoms with Gasteiger partial charge in [0.05, 0.1) is 5.69 Å². The summed E-state index contributed by atoms with van der Waals surface area (Å²) in [6.45, 7) is 3.70. The number of halogens is 2. The molecule has 4 nitrogen and oxygen atoms in total. The van der Waals surface area contributed by atoms with Crippen LogP contribution in [0.3, 0.4) is 0 Å². The Morgan fingerprint density at radius 1 is 0.939 bits per heavy atom. The van der Waals surface area contributed by atoms with Crippen LogP contribution in [0.15, 0.2) is 77.6 Å². The van der Waals surface area contributed by atoms with E-state index in [0.717, 1.165) is 27.6 Å². The van der Waals surface area contributed by atoms with Crippen LogP contribution in [0.2, 0.25) is 5.02 Å². The molecule has 168 valence electrons. The number of fused-ring (bicyclic) bond motifs is 1. The van der Waals surface area contributed by atoms with E-state index in [1.54, 1.807) is 12.1 Å². The predicted molar refractivity (Wildman–Crippen MR) is 137 cm³/mol.